The van der Waals surface area contributed by atoms with Gasteiger partial charge in [0.25, 0.3) is 0 Å². The van der Waals surface area contributed by atoms with Crippen LogP contribution in [0.2, 0.25) is 5.02 Å². The topological polar surface area (TPSA) is 35.8 Å². The predicted octanol–water partition coefficient (Wildman–Crippen LogP) is 5.11. The molecule has 96 valence electrons. The zero-order valence-electron chi connectivity index (χ0n) is 10.6. The second-order valence-corrected chi connectivity index (χ2v) is 4.87. The molecule has 0 saturated carbocycles. The first kappa shape index (κ1) is 12.5. The van der Waals surface area contributed by atoms with E-state index < -0.39 is 0 Å². The molecule has 0 heterocycles. The molecule has 3 rings (SSSR count). The van der Waals surface area contributed by atoms with Crippen molar-refractivity contribution in [1.29, 1.82) is 5.26 Å². The number of nitriles is 1. The van der Waals surface area contributed by atoms with Gasteiger partial charge in [-0.1, -0.05) is 48.0 Å². The van der Waals surface area contributed by atoms with E-state index in [1.54, 1.807) is 12.1 Å². The number of hydrogen-bond donors (Lipinski definition) is 1. The van der Waals surface area contributed by atoms with Gasteiger partial charge >= 0.3 is 0 Å². The van der Waals surface area contributed by atoms with Crippen LogP contribution >= 0.6 is 11.6 Å². The molecule has 0 atom stereocenters. The first-order chi connectivity index (χ1) is 9.78. The lowest BCUT2D eigenvalue weighted by atomic mass is 10.1. The molecule has 0 fully saturated rings. The number of fused-ring (bicyclic) bond motifs is 1. The lowest BCUT2D eigenvalue weighted by Gasteiger charge is -2.11. The van der Waals surface area contributed by atoms with Crippen molar-refractivity contribution in [3.8, 4) is 6.07 Å². The van der Waals surface area contributed by atoms with Gasteiger partial charge in [-0.2, -0.15) is 5.26 Å². The number of nitrogens with zero attached hydrogens (tertiary/aromatic N) is 1. The van der Waals surface area contributed by atoms with Gasteiger partial charge in [-0.25, -0.2) is 0 Å². The summed E-state index contributed by atoms with van der Waals surface area (Å²) in [4.78, 5) is 0. The Labute approximate surface area is 122 Å². The maximum atomic E-state index is 8.85. The highest BCUT2D eigenvalue weighted by atomic mass is 35.5. The Bertz CT molecular complexity index is 813. The number of anilines is 2. The summed E-state index contributed by atoms with van der Waals surface area (Å²) < 4.78 is 0. The van der Waals surface area contributed by atoms with Crippen LogP contribution in [-0.4, -0.2) is 0 Å². The zero-order chi connectivity index (χ0) is 13.9. The fourth-order valence-electron chi connectivity index (χ4n) is 2.17. The molecule has 0 aromatic heterocycles. The second kappa shape index (κ2) is 5.24. The van der Waals surface area contributed by atoms with Gasteiger partial charge in [-0.15, -0.1) is 0 Å². The third-order valence-electron chi connectivity index (χ3n) is 3.16. The maximum absolute atomic E-state index is 8.85. The SMILES string of the molecule is N#Cc1ccc(Nc2cccc3ccccc23)c(Cl)c1. The van der Waals surface area contributed by atoms with E-state index in [2.05, 4.69) is 29.6 Å². The molecule has 0 aliphatic carbocycles. The molecule has 2 nitrogen and oxygen atoms in total. The van der Waals surface area contributed by atoms with Crippen LogP contribution in [0.25, 0.3) is 10.8 Å². The van der Waals surface area contributed by atoms with Crippen molar-refractivity contribution in [2.45, 2.75) is 0 Å². The normalized spacial score (nSPS) is 10.2. The lowest BCUT2D eigenvalue weighted by Crippen LogP contribution is -1.92. The van der Waals surface area contributed by atoms with Gasteiger partial charge in [0.05, 0.1) is 22.3 Å². The minimum absolute atomic E-state index is 0.539. The monoisotopic (exact) mass is 278 g/mol. The molecule has 0 radical (unpaired) electrons. The molecule has 0 saturated heterocycles. The van der Waals surface area contributed by atoms with Crippen molar-refractivity contribution in [2.75, 3.05) is 5.32 Å². The number of nitrogens with one attached hydrogen (secondary N) is 1. The van der Waals surface area contributed by atoms with E-state index in [9.17, 15) is 0 Å². The van der Waals surface area contributed by atoms with Gasteiger partial charge in [0.15, 0.2) is 0 Å². The minimum Gasteiger partial charge on any atom is -0.354 e. The zero-order valence-corrected chi connectivity index (χ0v) is 11.4. The van der Waals surface area contributed by atoms with Crippen molar-refractivity contribution in [3.05, 3.63) is 71.2 Å². The standard InChI is InChI=1S/C17H11ClN2/c18-15-10-12(11-19)8-9-17(15)20-16-7-3-5-13-4-1-2-6-14(13)16/h1-10,20H. The van der Waals surface area contributed by atoms with Crippen LogP contribution in [0.5, 0.6) is 0 Å². The van der Waals surface area contributed by atoms with E-state index in [-0.39, 0.29) is 0 Å². The van der Waals surface area contributed by atoms with E-state index in [1.165, 1.54) is 5.39 Å². The van der Waals surface area contributed by atoms with Crippen LogP contribution in [0.1, 0.15) is 5.56 Å². The molecule has 0 aliphatic rings. The van der Waals surface area contributed by atoms with Crippen LogP contribution in [0, 0.1) is 11.3 Å². The third kappa shape index (κ3) is 2.32. The molecular weight excluding hydrogens is 268 g/mol. The van der Waals surface area contributed by atoms with Crippen molar-refractivity contribution in [1.82, 2.24) is 0 Å². The van der Waals surface area contributed by atoms with Crippen LogP contribution in [0.15, 0.2) is 60.7 Å². The smallest absolute Gasteiger partial charge is 0.0992 e. The van der Waals surface area contributed by atoms with Crippen molar-refractivity contribution < 1.29 is 0 Å². The molecule has 3 aromatic carbocycles. The number of hydrogen-bond acceptors (Lipinski definition) is 2. The molecule has 0 bridgehead atoms. The summed E-state index contributed by atoms with van der Waals surface area (Å²) in [6.07, 6.45) is 0. The molecule has 3 aromatic rings. The summed E-state index contributed by atoms with van der Waals surface area (Å²) in [5.41, 5.74) is 2.34. The number of benzene rings is 3. The summed E-state index contributed by atoms with van der Waals surface area (Å²) >= 11 is 6.20. The molecule has 3 heteroatoms. The maximum Gasteiger partial charge on any atom is 0.0992 e. The van der Waals surface area contributed by atoms with Gasteiger partial charge in [-0.3, -0.25) is 0 Å². The van der Waals surface area contributed by atoms with Crippen LogP contribution in [0.3, 0.4) is 0 Å². The molecule has 0 unspecified atom stereocenters. The Hall–Kier alpha value is -2.50. The number of halogens is 1. The average Bonchev–Trinajstić information content (AvgIpc) is 2.49. The average molecular weight is 279 g/mol. The van der Waals surface area contributed by atoms with E-state index in [4.69, 9.17) is 16.9 Å². The van der Waals surface area contributed by atoms with Crippen LogP contribution in [-0.2, 0) is 0 Å². The van der Waals surface area contributed by atoms with Gasteiger partial charge < -0.3 is 5.32 Å². The fraction of sp³-hybridized carbons (Fsp3) is 0. The first-order valence-corrected chi connectivity index (χ1v) is 6.60. The molecule has 20 heavy (non-hydrogen) atoms. The Morgan fingerprint density at radius 3 is 2.50 bits per heavy atom. The summed E-state index contributed by atoms with van der Waals surface area (Å²) in [7, 11) is 0. The molecule has 0 spiro atoms. The highest BCUT2D eigenvalue weighted by Gasteiger charge is 2.05. The van der Waals surface area contributed by atoms with Crippen molar-refractivity contribution >= 4 is 33.7 Å². The summed E-state index contributed by atoms with van der Waals surface area (Å²) in [6, 6.07) is 21.6. The van der Waals surface area contributed by atoms with Crippen LogP contribution < -0.4 is 5.32 Å². The molecule has 0 aliphatic heterocycles. The van der Waals surface area contributed by atoms with Gasteiger partial charge in [0, 0.05) is 11.1 Å². The molecule has 1 N–H and O–H groups in total. The summed E-state index contributed by atoms with van der Waals surface area (Å²) in [5, 5.41) is 15.0. The second-order valence-electron chi connectivity index (χ2n) is 4.46. The number of rotatable bonds is 2. The van der Waals surface area contributed by atoms with Gasteiger partial charge in [0.2, 0.25) is 0 Å². The summed E-state index contributed by atoms with van der Waals surface area (Å²) in [5.74, 6) is 0. The first-order valence-electron chi connectivity index (χ1n) is 6.22. The fourth-order valence-corrected chi connectivity index (χ4v) is 2.39. The highest BCUT2D eigenvalue weighted by molar-refractivity contribution is 6.33. The molecular formula is C17H11ClN2. The lowest BCUT2D eigenvalue weighted by molar-refractivity contribution is 1.48. The Morgan fingerprint density at radius 1 is 0.900 bits per heavy atom. The van der Waals surface area contributed by atoms with E-state index >= 15 is 0 Å². The largest absolute Gasteiger partial charge is 0.354 e. The van der Waals surface area contributed by atoms with Crippen molar-refractivity contribution in [2.24, 2.45) is 0 Å². The van der Waals surface area contributed by atoms with E-state index in [0.29, 0.717) is 10.6 Å². The Balaban J connectivity index is 2.04. The molecule has 0 amide bonds. The highest BCUT2D eigenvalue weighted by Crippen LogP contribution is 2.30. The van der Waals surface area contributed by atoms with E-state index in [0.717, 1.165) is 16.8 Å². The summed E-state index contributed by atoms with van der Waals surface area (Å²) in [6.45, 7) is 0. The van der Waals surface area contributed by atoms with Gasteiger partial charge in [-0.05, 0) is 29.7 Å². The minimum atomic E-state index is 0.539. The quantitative estimate of drug-likeness (QED) is 0.707. The predicted molar refractivity (Wildman–Crippen MR) is 83.4 cm³/mol. The van der Waals surface area contributed by atoms with Crippen LogP contribution in [0.4, 0.5) is 11.4 Å². The van der Waals surface area contributed by atoms with Gasteiger partial charge in [0.1, 0.15) is 0 Å². The van der Waals surface area contributed by atoms with Crippen molar-refractivity contribution in [3.63, 3.8) is 0 Å². The Kier molecular flexibility index (Phi) is 3.28. The van der Waals surface area contributed by atoms with E-state index in [1.807, 2.05) is 30.3 Å². The Morgan fingerprint density at radius 2 is 1.70 bits per heavy atom. The third-order valence-corrected chi connectivity index (χ3v) is 3.47.